The minimum absolute atomic E-state index is 0.138. The summed E-state index contributed by atoms with van der Waals surface area (Å²) in [4.78, 5) is 12.3. The lowest BCUT2D eigenvalue weighted by Gasteiger charge is -2.10. The topological polar surface area (TPSA) is 67.4 Å². The van der Waals surface area contributed by atoms with Crippen LogP contribution in [0, 0.1) is 13.8 Å². The Balaban J connectivity index is 1.67. The van der Waals surface area contributed by atoms with Gasteiger partial charge >= 0.3 is 0 Å². The number of furan rings is 1. The Hall–Kier alpha value is -2.01. The molecule has 1 unspecified atom stereocenters. The monoisotopic (exact) mass is 288 g/mol. The number of aliphatic hydroxyl groups is 1. The molecular formula is C16H20N2O3. The fourth-order valence-electron chi connectivity index (χ4n) is 2.77. The highest BCUT2D eigenvalue weighted by Crippen LogP contribution is 2.38. The number of carbonyl (C=O) groups is 1. The first-order valence-electron chi connectivity index (χ1n) is 7.26. The molecule has 1 aliphatic carbocycles. The van der Waals surface area contributed by atoms with E-state index >= 15 is 0 Å². The molecule has 0 bridgehead atoms. The van der Waals surface area contributed by atoms with Gasteiger partial charge in [0.2, 0.25) is 0 Å². The normalized spacial score (nSPS) is 16.0. The highest BCUT2D eigenvalue weighted by Gasteiger charge is 2.28. The molecule has 1 saturated carbocycles. The van der Waals surface area contributed by atoms with Gasteiger partial charge in [0.05, 0.1) is 18.4 Å². The molecule has 1 atom stereocenters. The number of rotatable bonds is 5. The second-order valence-electron chi connectivity index (χ2n) is 5.63. The minimum Gasteiger partial charge on any atom is -0.467 e. The fraction of sp³-hybridized carbons (Fsp3) is 0.438. The number of hydrogen-bond donors (Lipinski definition) is 2. The Labute approximate surface area is 123 Å². The molecule has 0 aromatic carbocycles. The van der Waals surface area contributed by atoms with Crippen LogP contribution in [0.1, 0.15) is 52.5 Å². The van der Waals surface area contributed by atoms with Gasteiger partial charge in [-0.05, 0) is 44.9 Å². The van der Waals surface area contributed by atoms with Gasteiger partial charge in [-0.3, -0.25) is 4.79 Å². The van der Waals surface area contributed by atoms with Gasteiger partial charge in [0.15, 0.2) is 0 Å². The Kier molecular flexibility index (Phi) is 3.59. The van der Waals surface area contributed by atoms with Crippen LogP contribution < -0.4 is 5.32 Å². The van der Waals surface area contributed by atoms with E-state index in [2.05, 4.69) is 9.88 Å². The molecule has 0 saturated heterocycles. The molecule has 21 heavy (non-hydrogen) atoms. The second kappa shape index (κ2) is 5.41. The van der Waals surface area contributed by atoms with E-state index in [0.717, 1.165) is 11.4 Å². The van der Waals surface area contributed by atoms with Crippen LogP contribution in [0.5, 0.6) is 0 Å². The SMILES string of the molecule is Cc1cc(C(=O)NCC(O)c2ccco2)c(C)n1C1CC1. The first kappa shape index (κ1) is 13.9. The quantitative estimate of drug-likeness (QED) is 0.888. The van der Waals surface area contributed by atoms with Crippen LogP contribution in [-0.4, -0.2) is 22.1 Å². The van der Waals surface area contributed by atoms with Gasteiger partial charge in [-0.2, -0.15) is 0 Å². The maximum atomic E-state index is 12.3. The number of amides is 1. The van der Waals surface area contributed by atoms with Crippen molar-refractivity contribution in [1.29, 1.82) is 0 Å². The van der Waals surface area contributed by atoms with Crippen molar-refractivity contribution in [3.63, 3.8) is 0 Å². The number of hydrogen-bond acceptors (Lipinski definition) is 3. The van der Waals surface area contributed by atoms with Gasteiger partial charge in [0, 0.05) is 17.4 Å². The lowest BCUT2D eigenvalue weighted by molar-refractivity contribution is 0.0900. The van der Waals surface area contributed by atoms with Gasteiger partial charge in [-0.1, -0.05) is 0 Å². The third-order valence-corrected chi connectivity index (χ3v) is 3.97. The van der Waals surface area contributed by atoms with E-state index < -0.39 is 6.10 Å². The Morgan fingerprint density at radius 2 is 2.29 bits per heavy atom. The summed E-state index contributed by atoms with van der Waals surface area (Å²) in [5.74, 6) is 0.305. The third-order valence-electron chi connectivity index (χ3n) is 3.97. The first-order valence-corrected chi connectivity index (χ1v) is 7.26. The average Bonchev–Trinajstić information content (AvgIpc) is 3.03. The number of aliphatic hydroxyl groups excluding tert-OH is 1. The number of aryl methyl sites for hydroxylation is 1. The lowest BCUT2D eigenvalue weighted by atomic mass is 10.2. The molecule has 1 fully saturated rings. The van der Waals surface area contributed by atoms with Gasteiger partial charge in [-0.15, -0.1) is 0 Å². The van der Waals surface area contributed by atoms with E-state index in [1.807, 2.05) is 19.9 Å². The van der Waals surface area contributed by atoms with E-state index in [-0.39, 0.29) is 12.5 Å². The van der Waals surface area contributed by atoms with E-state index in [1.165, 1.54) is 19.1 Å². The summed E-state index contributed by atoms with van der Waals surface area (Å²) in [7, 11) is 0. The molecular weight excluding hydrogens is 268 g/mol. The van der Waals surface area contributed by atoms with Crippen LogP contribution in [0.4, 0.5) is 0 Å². The van der Waals surface area contributed by atoms with Crippen molar-refractivity contribution in [3.8, 4) is 0 Å². The summed E-state index contributed by atoms with van der Waals surface area (Å²) in [5, 5.41) is 12.7. The van der Waals surface area contributed by atoms with Crippen LogP contribution in [0.2, 0.25) is 0 Å². The summed E-state index contributed by atoms with van der Waals surface area (Å²) >= 11 is 0. The van der Waals surface area contributed by atoms with Crippen molar-refractivity contribution >= 4 is 5.91 Å². The summed E-state index contributed by atoms with van der Waals surface area (Å²) < 4.78 is 7.35. The van der Waals surface area contributed by atoms with Gasteiger partial charge in [0.1, 0.15) is 11.9 Å². The molecule has 5 heteroatoms. The molecule has 5 nitrogen and oxygen atoms in total. The summed E-state index contributed by atoms with van der Waals surface area (Å²) in [6, 6.07) is 5.88. The maximum absolute atomic E-state index is 12.3. The predicted octanol–water partition coefficient (Wildman–Crippen LogP) is 2.50. The van der Waals surface area contributed by atoms with E-state index in [4.69, 9.17) is 4.42 Å². The van der Waals surface area contributed by atoms with Crippen LogP contribution in [0.15, 0.2) is 28.9 Å². The standard InChI is InChI=1S/C16H20N2O3/c1-10-8-13(11(2)18(10)12-5-6-12)16(20)17-9-14(19)15-4-3-7-21-15/h3-4,7-8,12,14,19H,5-6,9H2,1-2H3,(H,17,20). The van der Waals surface area contributed by atoms with E-state index in [9.17, 15) is 9.90 Å². The Morgan fingerprint density at radius 3 is 2.90 bits per heavy atom. The van der Waals surface area contributed by atoms with Crippen molar-refractivity contribution in [2.75, 3.05) is 6.54 Å². The van der Waals surface area contributed by atoms with Crippen LogP contribution >= 0.6 is 0 Å². The smallest absolute Gasteiger partial charge is 0.253 e. The van der Waals surface area contributed by atoms with Gasteiger partial charge in [0.25, 0.3) is 5.91 Å². The largest absolute Gasteiger partial charge is 0.467 e. The molecule has 2 aromatic heterocycles. The molecule has 112 valence electrons. The van der Waals surface area contributed by atoms with Gasteiger partial charge < -0.3 is 19.4 Å². The number of aromatic nitrogens is 1. The molecule has 1 aliphatic rings. The highest BCUT2D eigenvalue weighted by molar-refractivity contribution is 5.95. The highest BCUT2D eigenvalue weighted by atomic mass is 16.4. The zero-order valence-corrected chi connectivity index (χ0v) is 12.3. The third kappa shape index (κ3) is 2.74. The zero-order chi connectivity index (χ0) is 15.0. The van der Waals surface area contributed by atoms with E-state index in [0.29, 0.717) is 17.4 Å². The van der Waals surface area contributed by atoms with Crippen molar-refractivity contribution < 1.29 is 14.3 Å². The Morgan fingerprint density at radius 1 is 1.52 bits per heavy atom. The first-order chi connectivity index (χ1) is 10.1. The number of nitrogens with zero attached hydrogens (tertiary/aromatic N) is 1. The number of carbonyl (C=O) groups excluding carboxylic acids is 1. The minimum atomic E-state index is -0.823. The molecule has 0 radical (unpaired) electrons. The summed E-state index contributed by atoms with van der Waals surface area (Å²) in [6.07, 6.45) is 3.06. The zero-order valence-electron chi connectivity index (χ0n) is 12.3. The second-order valence-corrected chi connectivity index (χ2v) is 5.63. The predicted molar refractivity (Wildman–Crippen MR) is 78.2 cm³/mol. The van der Waals surface area contributed by atoms with Crippen molar-refractivity contribution in [2.24, 2.45) is 0 Å². The van der Waals surface area contributed by atoms with Crippen molar-refractivity contribution in [2.45, 2.75) is 38.8 Å². The van der Waals surface area contributed by atoms with Crippen molar-refractivity contribution in [1.82, 2.24) is 9.88 Å². The lowest BCUT2D eigenvalue weighted by Crippen LogP contribution is -2.28. The van der Waals surface area contributed by atoms with Crippen LogP contribution in [-0.2, 0) is 0 Å². The molecule has 2 N–H and O–H groups in total. The fourth-order valence-corrected chi connectivity index (χ4v) is 2.77. The van der Waals surface area contributed by atoms with Crippen LogP contribution in [0.3, 0.4) is 0 Å². The molecule has 2 heterocycles. The Bertz CT molecular complexity index is 639. The van der Waals surface area contributed by atoms with Crippen LogP contribution in [0.25, 0.3) is 0 Å². The molecule has 2 aromatic rings. The van der Waals surface area contributed by atoms with E-state index in [1.54, 1.807) is 12.1 Å². The average molecular weight is 288 g/mol. The molecule has 1 amide bonds. The molecule has 0 aliphatic heterocycles. The van der Waals surface area contributed by atoms with Gasteiger partial charge in [-0.25, -0.2) is 0 Å². The molecule has 0 spiro atoms. The maximum Gasteiger partial charge on any atom is 0.253 e. The summed E-state index contributed by atoms with van der Waals surface area (Å²) in [5.41, 5.74) is 2.80. The van der Waals surface area contributed by atoms with Crippen molar-refractivity contribution in [3.05, 3.63) is 47.2 Å². The summed E-state index contributed by atoms with van der Waals surface area (Å²) in [6.45, 7) is 4.14. The number of nitrogens with one attached hydrogen (secondary N) is 1. The molecule has 3 rings (SSSR count).